The predicted molar refractivity (Wildman–Crippen MR) is 71.3 cm³/mol. The van der Waals surface area contributed by atoms with E-state index in [0.717, 1.165) is 24.3 Å². The molecule has 0 aromatic heterocycles. The fourth-order valence-corrected chi connectivity index (χ4v) is 2.41. The van der Waals surface area contributed by atoms with E-state index in [4.69, 9.17) is 4.74 Å². The Bertz CT molecular complexity index is 425. The lowest BCUT2D eigenvalue weighted by atomic mass is 9.82. The number of hydrogen-bond donors (Lipinski definition) is 1. The van der Waals surface area contributed by atoms with Gasteiger partial charge >= 0.3 is 0 Å². The normalized spacial score (nSPS) is 23.4. The summed E-state index contributed by atoms with van der Waals surface area (Å²) in [5, 5.41) is 3.42. The van der Waals surface area contributed by atoms with Crippen LogP contribution in [0.1, 0.15) is 45.7 Å². The zero-order valence-electron chi connectivity index (χ0n) is 11.6. The molecule has 2 rings (SSSR count). The van der Waals surface area contributed by atoms with Gasteiger partial charge in [0, 0.05) is 18.0 Å². The molecule has 1 N–H and O–H groups in total. The first-order valence-electron chi connectivity index (χ1n) is 6.61. The molecule has 2 unspecified atom stereocenters. The third-order valence-corrected chi connectivity index (χ3v) is 3.48. The summed E-state index contributed by atoms with van der Waals surface area (Å²) in [6.07, 6.45) is 1.04. The summed E-state index contributed by atoms with van der Waals surface area (Å²) in [6.45, 7) is 9.47. The summed E-state index contributed by atoms with van der Waals surface area (Å²) in [4.78, 5) is 0. The van der Waals surface area contributed by atoms with E-state index in [1.54, 1.807) is 12.1 Å². The Morgan fingerprint density at radius 3 is 2.72 bits per heavy atom. The smallest absolute Gasteiger partial charge is 0.124 e. The van der Waals surface area contributed by atoms with Crippen molar-refractivity contribution in [2.24, 2.45) is 5.41 Å². The zero-order valence-corrected chi connectivity index (χ0v) is 11.6. The largest absolute Gasteiger partial charge is 0.489 e. The average Bonchev–Trinajstić information content (AvgIpc) is 2.28. The number of nitrogens with one attached hydrogen (secondary N) is 1. The predicted octanol–water partition coefficient (Wildman–Crippen LogP) is 3.67. The number of fused-ring (bicyclic) bond motifs is 1. The highest BCUT2D eigenvalue weighted by atomic mass is 19.1. The van der Waals surface area contributed by atoms with Gasteiger partial charge in [-0.1, -0.05) is 27.7 Å². The second-order valence-corrected chi connectivity index (χ2v) is 6.00. The number of hydrogen-bond acceptors (Lipinski definition) is 2. The molecule has 0 aliphatic carbocycles. The van der Waals surface area contributed by atoms with Crippen molar-refractivity contribution in [2.45, 2.75) is 46.3 Å². The maximum atomic E-state index is 13.4. The average molecular weight is 251 g/mol. The molecule has 1 aromatic carbocycles. The van der Waals surface area contributed by atoms with E-state index < -0.39 is 0 Å². The van der Waals surface area contributed by atoms with Gasteiger partial charge in [-0.05, 0) is 30.2 Å². The van der Waals surface area contributed by atoms with Gasteiger partial charge in [-0.25, -0.2) is 4.39 Å². The second kappa shape index (κ2) is 4.88. The molecule has 2 nitrogen and oxygen atoms in total. The lowest BCUT2D eigenvalue weighted by Crippen LogP contribution is -2.40. The Morgan fingerprint density at radius 2 is 2.11 bits per heavy atom. The van der Waals surface area contributed by atoms with Crippen molar-refractivity contribution >= 4 is 0 Å². The van der Waals surface area contributed by atoms with Gasteiger partial charge in [0.25, 0.3) is 0 Å². The highest BCUT2D eigenvalue weighted by Crippen LogP contribution is 2.40. The Morgan fingerprint density at radius 1 is 1.39 bits per heavy atom. The minimum Gasteiger partial charge on any atom is -0.489 e. The van der Waals surface area contributed by atoms with E-state index in [1.165, 1.54) is 6.07 Å². The van der Waals surface area contributed by atoms with E-state index in [1.807, 2.05) is 0 Å². The molecule has 2 atom stereocenters. The monoisotopic (exact) mass is 251 g/mol. The Hall–Kier alpha value is -1.09. The first kappa shape index (κ1) is 13.3. The summed E-state index contributed by atoms with van der Waals surface area (Å²) >= 11 is 0. The third kappa shape index (κ3) is 2.66. The van der Waals surface area contributed by atoms with Crippen LogP contribution >= 0.6 is 0 Å². The molecule has 0 fully saturated rings. The van der Waals surface area contributed by atoms with E-state index in [0.29, 0.717) is 0 Å². The Kier molecular flexibility index (Phi) is 3.62. The summed E-state index contributed by atoms with van der Waals surface area (Å²) in [7, 11) is 0. The van der Waals surface area contributed by atoms with E-state index >= 15 is 0 Å². The lowest BCUT2D eigenvalue weighted by Gasteiger charge is -2.39. The molecule has 1 heterocycles. The van der Waals surface area contributed by atoms with Gasteiger partial charge in [-0.15, -0.1) is 0 Å². The number of halogens is 1. The number of rotatable bonds is 2. The molecule has 3 heteroatoms. The minimum absolute atomic E-state index is 0.0831. The number of ether oxygens (including phenoxy) is 1. The van der Waals surface area contributed by atoms with E-state index in [-0.39, 0.29) is 23.4 Å². The standard InChI is InChI=1S/C15H22FNO/c1-5-17-12-9-14(15(2,3)4)18-13-7-6-10(16)8-11(12)13/h6-8,12,14,17H,5,9H2,1-4H3. The van der Waals surface area contributed by atoms with Crippen molar-refractivity contribution in [3.05, 3.63) is 29.6 Å². The third-order valence-electron chi connectivity index (χ3n) is 3.48. The fraction of sp³-hybridized carbons (Fsp3) is 0.600. The molecule has 18 heavy (non-hydrogen) atoms. The van der Waals surface area contributed by atoms with Crippen LogP contribution in [0.15, 0.2) is 18.2 Å². The summed E-state index contributed by atoms with van der Waals surface area (Å²) in [5.74, 6) is 0.614. The van der Waals surface area contributed by atoms with Crippen molar-refractivity contribution in [1.29, 1.82) is 0 Å². The summed E-state index contributed by atoms with van der Waals surface area (Å²) < 4.78 is 19.4. The molecule has 0 saturated carbocycles. The van der Waals surface area contributed by atoms with Gasteiger partial charge in [-0.3, -0.25) is 0 Å². The Labute approximate surface area is 109 Å². The van der Waals surface area contributed by atoms with Crippen LogP contribution in [0.25, 0.3) is 0 Å². The van der Waals surface area contributed by atoms with Gasteiger partial charge in [0.15, 0.2) is 0 Å². The van der Waals surface area contributed by atoms with Crippen LogP contribution in [0.4, 0.5) is 4.39 Å². The molecule has 1 aliphatic heterocycles. The van der Waals surface area contributed by atoms with Crippen LogP contribution in [-0.4, -0.2) is 12.6 Å². The molecular weight excluding hydrogens is 229 g/mol. The maximum Gasteiger partial charge on any atom is 0.124 e. The van der Waals surface area contributed by atoms with Crippen molar-refractivity contribution in [2.75, 3.05) is 6.54 Å². The first-order valence-corrected chi connectivity index (χ1v) is 6.61. The van der Waals surface area contributed by atoms with Gasteiger partial charge in [0.2, 0.25) is 0 Å². The molecular formula is C15H22FNO. The molecule has 1 aliphatic rings. The van der Waals surface area contributed by atoms with Crippen LogP contribution in [0, 0.1) is 11.2 Å². The van der Waals surface area contributed by atoms with Crippen molar-refractivity contribution in [3.8, 4) is 5.75 Å². The molecule has 0 spiro atoms. The molecule has 0 radical (unpaired) electrons. The summed E-state index contributed by atoms with van der Waals surface area (Å²) in [6, 6.07) is 4.97. The molecule has 1 aromatic rings. The Balaban J connectivity index is 2.34. The van der Waals surface area contributed by atoms with Gasteiger partial charge in [0.05, 0.1) is 0 Å². The SMILES string of the molecule is CCNC1CC(C(C)(C)C)Oc2ccc(F)cc21. The molecule has 0 saturated heterocycles. The van der Waals surface area contributed by atoms with Crippen LogP contribution in [0.5, 0.6) is 5.75 Å². The highest BCUT2D eigenvalue weighted by molar-refractivity contribution is 5.38. The molecule has 100 valence electrons. The van der Waals surface area contributed by atoms with Gasteiger partial charge < -0.3 is 10.1 Å². The van der Waals surface area contributed by atoms with E-state index in [9.17, 15) is 4.39 Å². The topological polar surface area (TPSA) is 21.3 Å². The van der Waals surface area contributed by atoms with Crippen LogP contribution in [-0.2, 0) is 0 Å². The fourth-order valence-electron chi connectivity index (χ4n) is 2.41. The van der Waals surface area contributed by atoms with Gasteiger partial charge in [-0.2, -0.15) is 0 Å². The van der Waals surface area contributed by atoms with Crippen LogP contribution < -0.4 is 10.1 Å². The van der Waals surface area contributed by atoms with Gasteiger partial charge in [0.1, 0.15) is 17.7 Å². The van der Waals surface area contributed by atoms with Crippen LogP contribution in [0.3, 0.4) is 0 Å². The first-order chi connectivity index (χ1) is 8.41. The van der Waals surface area contributed by atoms with Crippen molar-refractivity contribution in [1.82, 2.24) is 5.32 Å². The number of benzene rings is 1. The van der Waals surface area contributed by atoms with Crippen molar-refractivity contribution < 1.29 is 9.13 Å². The maximum absolute atomic E-state index is 13.4. The lowest BCUT2D eigenvalue weighted by molar-refractivity contribution is 0.0529. The summed E-state index contributed by atoms with van der Waals surface area (Å²) in [5.41, 5.74) is 1.03. The minimum atomic E-state index is -0.200. The van der Waals surface area contributed by atoms with Crippen LogP contribution in [0.2, 0.25) is 0 Å². The van der Waals surface area contributed by atoms with E-state index in [2.05, 4.69) is 33.0 Å². The van der Waals surface area contributed by atoms with Crippen molar-refractivity contribution in [3.63, 3.8) is 0 Å². The molecule has 0 amide bonds. The highest BCUT2D eigenvalue weighted by Gasteiger charge is 2.35. The zero-order chi connectivity index (χ0) is 13.3. The molecule has 0 bridgehead atoms. The second-order valence-electron chi connectivity index (χ2n) is 6.00. The quantitative estimate of drug-likeness (QED) is 0.866.